The molecule has 0 aliphatic heterocycles. The number of nitrogens with zero attached hydrogens (tertiary/aromatic N) is 1. The molecule has 0 fully saturated rings. The van der Waals surface area contributed by atoms with Crippen molar-refractivity contribution in [1.29, 1.82) is 5.26 Å². The molecule has 0 amide bonds. The van der Waals surface area contributed by atoms with Gasteiger partial charge in [0.25, 0.3) is 0 Å². The maximum Gasteiger partial charge on any atom is 0.158 e. The van der Waals surface area contributed by atoms with Crippen molar-refractivity contribution in [1.82, 2.24) is 0 Å². The van der Waals surface area contributed by atoms with E-state index in [1.165, 1.54) is 6.08 Å². The monoisotopic (exact) mass is 319 g/mol. The Morgan fingerprint density at radius 1 is 1.12 bits per heavy atom. The van der Waals surface area contributed by atoms with Crippen molar-refractivity contribution in [2.45, 2.75) is 26.4 Å². The van der Waals surface area contributed by atoms with E-state index in [1.54, 1.807) is 12.1 Å². The van der Waals surface area contributed by atoms with Gasteiger partial charge in [0.05, 0.1) is 17.7 Å². The number of hydrogen-bond acceptors (Lipinski definition) is 3. The summed E-state index contributed by atoms with van der Waals surface area (Å²) in [5.41, 5.74) is 2.77. The summed E-state index contributed by atoms with van der Waals surface area (Å²) < 4.78 is 5.88. The number of carbonyl (C=O) groups is 1. The van der Waals surface area contributed by atoms with Gasteiger partial charge >= 0.3 is 0 Å². The summed E-state index contributed by atoms with van der Waals surface area (Å²) in [4.78, 5) is 11.6. The minimum atomic E-state index is -0.0876. The zero-order chi connectivity index (χ0) is 17.5. The van der Waals surface area contributed by atoms with Crippen LogP contribution < -0.4 is 4.74 Å². The summed E-state index contributed by atoms with van der Waals surface area (Å²) in [7, 11) is 0. The summed E-state index contributed by atoms with van der Waals surface area (Å²) in [5.74, 6) is 0.732. The maximum atomic E-state index is 11.6. The number of ketones is 1. The highest BCUT2D eigenvalue weighted by atomic mass is 16.5. The molecule has 2 aromatic carbocycles. The Morgan fingerprint density at radius 2 is 1.67 bits per heavy atom. The Hall–Kier alpha value is -2.86. The topological polar surface area (TPSA) is 50.1 Å². The second kappa shape index (κ2) is 8.12. The van der Waals surface area contributed by atoms with E-state index in [2.05, 4.69) is 12.6 Å². The number of ether oxygens (including phenoxy) is 1. The van der Waals surface area contributed by atoms with Gasteiger partial charge in [0.2, 0.25) is 0 Å². The van der Waals surface area contributed by atoms with E-state index in [-0.39, 0.29) is 17.8 Å². The molecule has 2 aromatic rings. The fraction of sp³-hybridized carbons (Fsp3) is 0.238. The molecule has 2 unspecified atom stereocenters. The molecule has 0 bridgehead atoms. The molecule has 0 saturated heterocycles. The predicted molar refractivity (Wildman–Crippen MR) is 95.7 cm³/mol. The molecule has 3 heteroatoms. The van der Waals surface area contributed by atoms with Gasteiger partial charge in [-0.05, 0) is 54.8 Å². The number of benzene rings is 2. The highest BCUT2D eigenvalue weighted by Crippen LogP contribution is 2.24. The molecule has 2 atom stereocenters. The van der Waals surface area contributed by atoms with E-state index >= 15 is 0 Å². The lowest BCUT2D eigenvalue weighted by Gasteiger charge is -2.17. The van der Waals surface area contributed by atoms with E-state index in [0.717, 1.165) is 16.9 Å². The molecule has 2 rings (SSSR count). The molecular weight excluding hydrogens is 298 g/mol. The molecule has 0 aliphatic rings. The third-order valence-corrected chi connectivity index (χ3v) is 3.91. The van der Waals surface area contributed by atoms with E-state index in [0.29, 0.717) is 12.0 Å². The van der Waals surface area contributed by atoms with Crippen LogP contribution in [0.1, 0.15) is 25.8 Å². The van der Waals surface area contributed by atoms with Crippen LogP contribution >= 0.6 is 0 Å². The van der Waals surface area contributed by atoms with Gasteiger partial charge in [0.15, 0.2) is 5.78 Å². The van der Waals surface area contributed by atoms with Gasteiger partial charge < -0.3 is 4.74 Å². The summed E-state index contributed by atoms with van der Waals surface area (Å²) in [6.07, 6.45) is 1.97. The quantitative estimate of drug-likeness (QED) is 0.690. The lowest BCUT2D eigenvalue weighted by molar-refractivity contribution is -0.118. The van der Waals surface area contributed by atoms with Crippen LogP contribution in [-0.2, 0) is 4.79 Å². The first-order chi connectivity index (χ1) is 11.5. The third kappa shape index (κ3) is 4.57. The Labute approximate surface area is 143 Å². The summed E-state index contributed by atoms with van der Waals surface area (Å²) in [5, 5.41) is 8.84. The molecule has 24 heavy (non-hydrogen) atoms. The lowest BCUT2D eigenvalue weighted by Crippen LogP contribution is -2.19. The fourth-order valence-electron chi connectivity index (χ4n) is 2.56. The second-order valence-corrected chi connectivity index (χ2v) is 5.89. The standard InChI is InChI=1S/C21H21NO2/c1-4-21(23)15(2)13-16(3)24-20-11-9-19(10-12-20)18-7-5-17(14-22)6-8-18/h4-12,15-16H,1,13H2,2-3H3. The van der Waals surface area contributed by atoms with E-state index in [9.17, 15) is 4.79 Å². The minimum Gasteiger partial charge on any atom is -0.491 e. The van der Waals surface area contributed by atoms with E-state index in [1.807, 2.05) is 50.2 Å². The molecule has 0 heterocycles. The smallest absolute Gasteiger partial charge is 0.158 e. The van der Waals surface area contributed by atoms with Crippen LogP contribution in [0, 0.1) is 17.2 Å². The lowest BCUT2D eigenvalue weighted by atomic mass is 9.99. The third-order valence-electron chi connectivity index (χ3n) is 3.91. The van der Waals surface area contributed by atoms with Gasteiger partial charge in [-0.2, -0.15) is 5.26 Å². The van der Waals surface area contributed by atoms with Crippen molar-refractivity contribution in [3.05, 3.63) is 66.7 Å². The number of rotatable bonds is 7. The highest BCUT2D eigenvalue weighted by Gasteiger charge is 2.15. The number of allylic oxidation sites excluding steroid dienone is 1. The molecule has 0 aromatic heterocycles. The van der Waals surface area contributed by atoms with E-state index < -0.39 is 0 Å². The first-order valence-corrected chi connectivity index (χ1v) is 7.97. The SMILES string of the molecule is C=CC(=O)C(C)CC(C)Oc1ccc(-c2ccc(C#N)cc2)cc1. The summed E-state index contributed by atoms with van der Waals surface area (Å²) >= 11 is 0. The van der Waals surface area contributed by atoms with Gasteiger partial charge in [-0.25, -0.2) is 0 Å². The van der Waals surface area contributed by atoms with Crippen molar-refractivity contribution >= 4 is 5.78 Å². The molecule has 122 valence electrons. The molecule has 0 aliphatic carbocycles. The van der Waals surface area contributed by atoms with Gasteiger partial charge in [-0.1, -0.05) is 37.8 Å². The van der Waals surface area contributed by atoms with Crippen LogP contribution in [0.2, 0.25) is 0 Å². The first kappa shape index (κ1) is 17.5. The average Bonchev–Trinajstić information content (AvgIpc) is 2.61. The Kier molecular flexibility index (Phi) is 5.92. The fourth-order valence-corrected chi connectivity index (χ4v) is 2.56. The molecule has 0 spiro atoms. The van der Waals surface area contributed by atoms with Crippen molar-refractivity contribution in [3.8, 4) is 22.9 Å². The van der Waals surface area contributed by atoms with Crippen LogP contribution in [-0.4, -0.2) is 11.9 Å². The molecule has 0 saturated carbocycles. The van der Waals surface area contributed by atoms with E-state index in [4.69, 9.17) is 10.00 Å². The predicted octanol–water partition coefficient (Wildman–Crippen LogP) is 4.77. The van der Waals surface area contributed by atoms with Crippen LogP contribution in [0.15, 0.2) is 61.2 Å². The largest absolute Gasteiger partial charge is 0.491 e. The van der Waals surface area contributed by atoms with Crippen molar-refractivity contribution in [2.75, 3.05) is 0 Å². The summed E-state index contributed by atoms with van der Waals surface area (Å²) in [6, 6.07) is 17.4. The van der Waals surface area contributed by atoms with Crippen molar-refractivity contribution in [3.63, 3.8) is 0 Å². The van der Waals surface area contributed by atoms with Crippen LogP contribution in [0.25, 0.3) is 11.1 Å². The Bertz CT molecular complexity index is 739. The van der Waals surface area contributed by atoms with Gasteiger partial charge in [0, 0.05) is 5.92 Å². The maximum absolute atomic E-state index is 11.6. The molecule has 0 N–H and O–H groups in total. The van der Waals surface area contributed by atoms with Gasteiger partial charge in [-0.3, -0.25) is 4.79 Å². The molecule has 3 nitrogen and oxygen atoms in total. The van der Waals surface area contributed by atoms with Crippen LogP contribution in [0.4, 0.5) is 0 Å². The number of nitriles is 1. The zero-order valence-electron chi connectivity index (χ0n) is 14.0. The Balaban J connectivity index is 2.00. The zero-order valence-corrected chi connectivity index (χ0v) is 14.0. The summed E-state index contributed by atoms with van der Waals surface area (Å²) in [6.45, 7) is 7.36. The van der Waals surface area contributed by atoms with Gasteiger partial charge in [-0.15, -0.1) is 0 Å². The van der Waals surface area contributed by atoms with Gasteiger partial charge in [0.1, 0.15) is 5.75 Å². The second-order valence-electron chi connectivity index (χ2n) is 5.89. The normalized spacial score (nSPS) is 12.7. The minimum absolute atomic E-state index is 0.0432. The number of hydrogen-bond donors (Lipinski definition) is 0. The van der Waals surface area contributed by atoms with Crippen LogP contribution in [0.5, 0.6) is 5.75 Å². The molecular formula is C21H21NO2. The first-order valence-electron chi connectivity index (χ1n) is 7.97. The highest BCUT2D eigenvalue weighted by molar-refractivity contribution is 5.90. The average molecular weight is 319 g/mol. The van der Waals surface area contributed by atoms with Crippen molar-refractivity contribution < 1.29 is 9.53 Å². The number of carbonyl (C=O) groups excluding carboxylic acids is 1. The van der Waals surface area contributed by atoms with Crippen LogP contribution in [0.3, 0.4) is 0 Å². The Morgan fingerprint density at radius 3 is 2.17 bits per heavy atom. The van der Waals surface area contributed by atoms with Crippen molar-refractivity contribution in [2.24, 2.45) is 5.92 Å². The molecule has 0 radical (unpaired) electrons.